The van der Waals surface area contributed by atoms with Crippen LogP contribution in [0, 0.1) is 5.92 Å². The molecule has 4 rings (SSSR count). The van der Waals surface area contributed by atoms with Crippen molar-refractivity contribution >= 4 is 29.1 Å². The summed E-state index contributed by atoms with van der Waals surface area (Å²) in [5.41, 5.74) is 2.30. The molecule has 8 heteroatoms. The number of amides is 2. The molecule has 0 radical (unpaired) electrons. The average Bonchev–Trinajstić information content (AvgIpc) is 2.79. The van der Waals surface area contributed by atoms with E-state index >= 15 is 0 Å². The van der Waals surface area contributed by atoms with Gasteiger partial charge in [-0.25, -0.2) is 8.78 Å². The first-order valence-electron chi connectivity index (χ1n) is 10.0. The number of nitrogens with zero attached hydrogens (tertiary/aromatic N) is 2. The molecule has 1 aliphatic rings. The molecule has 0 spiro atoms. The highest BCUT2D eigenvalue weighted by atomic mass is 35.5. The lowest BCUT2D eigenvalue weighted by molar-refractivity contribution is -0.130. The predicted octanol–water partition coefficient (Wildman–Crippen LogP) is 5.14. The van der Waals surface area contributed by atoms with Gasteiger partial charge in [-0.3, -0.25) is 14.6 Å². The molecule has 1 aromatic heterocycles. The van der Waals surface area contributed by atoms with Gasteiger partial charge in [0.2, 0.25) is 5.91 Å². The van der Waals surface area contributed by atoms with Crippen molar-refractivity contribution in [3.63, 3.8) is 0 Å². The number of carbonyl (C=O) groups excluding carboxylic acids is 2. The number of aromatic nitrogens is 1. The minimum atomic E-state index is -3.17. The van der Waals surface area contributed by atoms with Gasteiger partial charge in [0, 0.05) is 47.2 Å². The zero-order valence-corrected chi connectivity index (χ0v) is 17.7. The number of anilines is 1. The molecule has 1 N–H and O–H groups in total. The van der Waals surface area contributed by atoms with E-state index < -0.39 is 36.6 Å². The van der Waals surface area contributed by atoms with Crippen LogP contribution in [0.5, 0.6) is 0 Å². The summed E-state index contributed by atoms with van der Waals surface area (Å²) in [6.45, 7) is -0.821. The highest BCUT2D eigenvalue weighted by Gasteiger charge is 2.44. The van der Waals surface area contributed by atoms with Gasteiger partial charge in [-0.2, -0.15) is 0 Å². The number of pyridine rings is 1. The van der Waals surface area contributed by atoms with Gasteiger partial charge in [0.1, 0.15) is 0 Å². The zero-order valence-electron chi connectivity index (χ0n) is 17.0. The van der Waals surface area contributed by atoms with Gasteiger partial charge in [-0.15, -0.1) is 0 Å². The van der Waals surface area contributed by atoms with E-state index in [0.29, 0.717) is 10.7 Å². The van der Waals surface area contributed by atoms with Crippen LogP contribution in [-0.2, 0) is 4.79 Å². The van der Waals surface area contributed by atoms with Crippen molar-refractivity contribution in [1.29, 1.82) is 0 Å². The van der Waals surface area contributed by atoms with E-state index in [1.54, 1.807) is 60.9 Å². The van der Waals surface area contributed by atoms with Crippen molar-refractivity contribution in [2.24, 2.45) is 5.92 Å². The Morgan fingerprint density at radius 2 is 1.81 bits per heavy atom. The van der Waals surface area contributed by atoms with E-state index in [1.807, 2.05) is 12.1 Å². The predicted molar refractivity (Wildman–Crippen MR) is 119 cm³/mol. The first-order chi connectivity index (χ1) is 15.3. The molecule has 2 amide bonds. The second kappa shape index (κ2) is 9.04. The topological polar surface area (TPSA) is 62.3 Å². The lowest BCUT2D eigenvalue weighted by Crippen LogP contribution is -2.52. The van der Waals surface area contributed by atoms with Crippen molar-refractivity contribution in [1.82, 2.24) is 9.88 Å². The van der Waals surface area contributed by atoms with Crippen LogP contribution in [0.4, 0.5) is 14.5 Å². The zero-order chi connectivity index (χ0) is 22.7. The monoisotopic (exact) mass is 455 g/mol. The van der Waals surface area contributed by atoms with Crippen LogP contribution in [0.1, 0.15) is 16.8 Å². The van der Waals surface area contributed by atoms with Crippen molar-refractivity contribution in [2.75, 3.05) is 18.4 Å². The maximum atomic E-state index is 14.5. The minimum absolute atomic E-state index is 0.0923. The standard InChI is InChI=1S/C24H20ClF2N3O2/c25-20-6-8-21(9-7-20)29-22(31)19-12-24(26,27)15-30(14-19)23(32)17-4-1-3-16(11-17)18-5-2-10-28-13-18/h1-11,13,19H,12,14-15H2,(H,29,31). The Bertz CT molecular complexity index is 1120. The number of likely N-dealkylation sites (tertiary alicyclic amines) is 1. The van der Waals surface area contributed by atoms with Gasteiger partial charge in [0.25, 0.3) is 11.8 Å². The van der Waals surface area contributed by atoms with Gasteiger partial charge in [0.15, 0.2) is 0 Å². The largest absolute Gasteiger partial charge is 0.332 e. The number of hydrogen-bond acceptors (Lipinski definition) is 3. The number of nitrogens with one attached hydrogen (secondary N) is 1. The fourth-order valence-corrected chi connectivity index (χ4v) is 3.88. The van der Waals surface area contributed by atoms with E-state index in [1.165, 1.54) is 0 Å². The summed E-state index contributed by atoms with van der Waals surface area (Å²) in [5.74, 6) is -5.32. The van der Waals surface area contributed by atoms with Gasteiger partial charge in [0.05, 0.1) is 12.5 Å². The summed E-state index contributed by atoms with van der Waals surface area (Å²) in [7, 11) is 0. The number of piperidine rings is 1. The van der Waals surface area contributed by atoms with Crippen molar-refractivity contribution in [2.45, 2.75) is 12.3 Å². The van der Waals surface area contributed by atoms with Crippen molar-refractivity contribution in [3.8, 4) is 11.1 Å². The van der Waals surface area contributed by atoms with Crippen LogP contribution in [0.25, 0.3) is 11.1 Å². The first kappa shape index (κ1) is 21.9. The van der Waals surface area contributed by atoms with Crippen LogP contribution >= 0.6 is 11.6 Å². The number of hydrogen-bond donors (Lipinski definition) is 1. The Morgan fingerprint density at radius 1 is 1.06 bits per heavy atom. The summed E-state index contributed by atoms with van der Waals surface area (Å²) < 4.78 is 29.0. The van der Waals surface area contributed by atoms with Crippen LogP contribution < -0.4 is 5.32 Å². The molecule has 1 saturated heterocycles. The van der Waals surface area contributed by atoms with Crippen LogP contribution in [0.15, 0.2) is 73.1 Å². The summed E-state index contributed by atoms with van der Waals surface area (Å²) in [5, 5.41) is 3.13. The Balaban J connectivity index is 1.52. The number of alkyl halides is 2. The molecule has 1 aliphatic heterocycles. The molecular formula is C24H20ClF2N3O2. The van der Waals surface area contributed by atoms with E-state index in [4.69, 9.17) is 11.6 Å². The third-order valence-corrected chi connectivity index (χ3v) is 5.53. The van der Waals surface area contributed by atoms with E-state index in [2.05, 4.69) is 10.3 Å². The number of benzene rings is 2. The van der Waals surface area contributed by atoms with Crippen molar-refractivity contribution < 1.29 is 18.4 Å². The average molecular weight is 456 g/mol. The molecule has 0 aliphatic carbocycles. The minimum Gasteiger partial charge on any atom is -0.332 e. The molecule has 32 heavy (non-hydrogen) atoms. The van der Waals surface area contributed by atoms with E-state index in [-0.39, 0.29) is 12.1 Å². The highest BCUT2D eigenvalue weighted by molar-refractivity contribution is 6.30. The molecule has 2 aromatic carbocycles. The van der Waals surface area contributed by atoms with Crippen molar-refractivity contribution in [3.05, 3.63) is 83.6 Å². The Kier molecular flexibility index (Phi) is 6.19. The molecule has 0 saturated carbocycles. The molecule has 1 fully saturated rings. The normalized spacial score (nSPS) is 17.6. The molecule has 164 valence electrons. The molecule has 3 aromatic rings. The van der Waals surface area contributed by atoms with E-state index in [9.17, 15) is 18.4 Å². The van der Waals surface area contributed by atoms with Crippen LogP contribution in [0.2, 0.25) is 5.02 Å². The Hall–Kier alpha value is -3.32. The fourth-order valence-electron chi connectivity index (χ4n) is 3.76. The first-order valence-corrected chi connectivity index (χ1v) is 10.4. The van der Waals surface area contributed by atoms with E-state index in [0.717, 1.165) is 16.0 Å². The Labute approximate surface area is 189 Å². The molecule has 0 bridgehead atoms. The third kappa shape index (κ3) is 5.11. The summed E-state index contributed by atoms with van der Waals surface area (Å²) >= 11 is 5.84. The summed E-state index contributed by atoms with van der Waals surface area (Å²) in [4.78, 5) is 30.8. The lowest BCUT2D eigenvalue weighted by atomic mass is 9.93. The third-order valence-electron chi connectivity index (χ3n) is 5.28. The molecule has 5 nitrogen and oxygen atoms in total. The molecule has 2 heterocycles. The second-order valence-corrected chi connectivity index (χ2v) is 8.20. The maximum Gasteiger partial charge on any atom is 0.266 e. The van der Waals surface area contributed by atoms with Gasteiger partial charge in [-0.05, 0) is 48.0 Å². The maximum absolute atomic E-state index is 14.5. The van der Waals surface area contributed by atoms with Gasteiger partial charge >= 0.3 is 0 Å². The smallest absolute Gasteiger partial charge is 0.266 e. The molecule has 1 atom stereocenters. The number of rotatable bonds is 4. The van der Waals surface area contributed by atoms with Crippen LogP contribution in [-0.4, -0.2) is 40.7 Å². The fraction of sp³-hybridized carbons (Fsp3) is 0.208. The Morgan fingerprint density at radius 3 is 2.53 bits per heavy atom. The molecular weight excluding hydrogens is 436 g/mol. The SMILES string of the molecule is O=C(Nc1ccc(Cl)cc1)C1CN(C(=O)c2cccc(-c3cccnc3)c2)CC(F)(F)C1. The van der Waals surface area contributed by atoms with Gasteiger partial charge in [-0.1, -0.05) is 29.8 Å². The molecule has 1 unspecified atom stereocenters. The van der Waals surface area contributed by atoms with Crippen LogP contribution in [0.3, 0.4) is 0 Å². The number of carbonyl (C=O) groups is 2. The number of halogens is 3. The summed E-state index contributed by atoms with van der Waals surface area (Å²) in [6, 6.07) is 16.7. The lowest BCUT2D eigenvalue weighted by Gasteiger charge is -2.37. The summed E-state index contributed by atoms with van der Waals surface area (Å²) in [6.07, 6.45) is 2.69. The second-order valence-electron chi connectivity index (χ2n) is 7.76. The quantitative estimate of drug-likeness (QED) is 0.592. The van der Waals surface area contributed by atoms with Gasteiger partial charge < -0.3 is 10.2 Å². The highest BCUT2D eigenvalue weighted by Crippen LogP contribution is 2.32.